The van der Waals surface area contributed by atoms with E-state index in [9.17, 15) is 18.4 Å². The van der Waals surface area contributed by atoms with Gasteiger partial charge in [-0.15, -0.1) is 32.3 Å². The van der Waals surface area contributed by atoms with Gasteiger partial charge in [0.15, 0.2) is 11.5 Å². The molecule has 210 valence electrons. The monoisotopic (exact) mass is 602 g/mol. The number of carbonyl (C=O) groups excluding carboxylic acids is 2. The zero-order valence-corrected chi connectivity index (χ0v) is 24.0. The van der Waals surface area contributed by atoms with Crippen molar-refractivity contribution in [1.29, 1.82) is 5.26 Å². The van der Waals surface area contributed by atoms with Gasteiger partial charge in [0.2, 0.25) is 0 Å². The minimum Gasteiger partial charge on any atom is -0.395 e. The Bertz CT molecular complexity index is 1250. The maximum Gasteiger partial charge on any atom is 0.586 e. The number of aromatic nitrogens is 1. The lowest BCUT2D eigenvalue weighted by atomic mass is 10.0. The summed E-state index contributed by atoms with van der Waals surface area (Å²) in [6.45, 7) is 3.42. The van der Waals surface area contributed by atoms with Crippen molar-refractivity contribution in [3.05, 3.63) is 36.2 Å². The first-order chi connectivity index (χ1) is 18.4. The molecular formula is C22H24F2N6O6S3. The summed E-state index contributed by atoms with van der Waals surface area (Å²) < 4.78 is 37.1. The maximum atomic E-state index is 13.0. The summed E-state index contributed by atoms with van der Waals surface area (Å²) in [6.07, 6.45) is 1.57. The summed E-state index contributed by atoms with van der Waals surface area (Å²) in [7, 11) is 2.88. The van der Waals surface area contributed by atoms with Crippen molar-refractivity contribution in [3.63, 3.8) is 0 Å². The second-order valence-corrected chi connectivity index (χ2v) is 10.4. The molecule has 1 aliphatic rings. The largest absolute Gasteiger partial charge is 0.586 e. The van der Waals surface area contributed by atoms with E-state index in [1.807, 2.05) is 18.6 Å². The van der Waals surface area contributed by atoms with E-state index in [0.717, 1.165) is 20.7 Å². The molecule has 0 fully saturated rings. The molecule has 2 aromatic rings. The third-order valence-corrected chi connectivity index (χ3v) is 6.56. The Balaban J connectivity index is 0.000000275. The van der Waals surface area contributed by atoms with E-state index in [1.54, 1.807) is 32.2 Å². The Hall–Kier alpha value is -3.62. The van der Waals surface area contributed by atoms with Gasteiger partial charge in [0.25, 0.3) is 0 Å². The molecule has 0 aliphatic carbocycles. The van der Waals surface area contributed by atoms with Gasteiger partial charge in [0.05, 0.1) is 17.7 Å². The van der Waals surface area contributed by atoms with Crippen molar-refractivity contribution in [2.24, 2.45) is 10.3 Å². The molecule has 2 heterocycles. The van der Waals surface area contributed by atoms with E-state index in [4.69, 9.17) is 5.26 Å². The lowest BCUT2D eigenvalue weighted by Crippen LogP contribution is -2.28. The van der Waals surface area contributed by atoms with Gasteiger partial charge in [0, 0.05) is 37.6 Å². The molecule has 1 aromatic heterocycles. The Morgan fingerprint density at radius 1 is 1.00 bits per heavy atom. The quantitative estimate of drug-likeness (QED) is 0.143. The number of hydrogen-bond acceptors (Lipinski definition) is 12. The maximum absolute atomic E-state index is 13.0. The predicted octanol–water partition coefficient (Wildman–Crippen LogP) is 5.95. The third-order valence-electron chi connectivity index (χ3n) is 4.44. The number of benzene rings is 1. The van der Waals surface area contributed by atoms with Gasteiger partial charge in [-0.1, -0.05) is 22.4 Å². The van der Waals surface area contributed by atoms with Gasteiger partial charge < -0.3 is 14.5 Å². The van der Waals surface area contributed by atoms with Gasteiger partial charge in [-0.2, -0.15) is 5.26 Å². The smallest absolute Gasteiger partial charge is 0.395 e. The highest BCUT2D eigenvalue weighted by Crippen LogP contribution is 2.47. The molecule has 1 aromatic carbocycles. The third kappa shape index (κ3) is 9.26. The number of aromatic amines is 1. The van der Waals surface area contributed by atoms with Crippen LogP contribution in [0.4, 0.5) is 18.4 Å². The van der Waals surface area contributed by atoms with E-state index >= 15 is 0 Å². The Morgan fingerprint density at radius 2 is 1.56 bits per heavy atom. The number of hydrogen-bond donors (Lipinski definition) is 1. The molecule has 12 nitrogen and oxygen atoms in total. The number of carbonyl (C=O) groups is 2. The number of nitrogens with one attached hydrogen (secondary N) is 1. The highest BCUT2D eigenvalue weighted by molar-refractivity contribution is 8.13. The molecule has 0 atom stereocenters. The van der Waals surface area contributed by atoms with Crippen LogP contribution in [0.3, 0.4) is 0 Å². The van der Waals surface area contributed by atoms with Crippen molar-refractivity contribution >= 4 is 57.9 Å². The fourth-order valence-corrected chi connectivity index (χ4v) is 3.30. The van der Waals surface area contributed by atoms with Gasteiger partial charge in [-0.05, 0) is 32.4 Å². The van der Waals surface area contributed by atoms with Crippen LogP contribution in [0, 0.1) is 11.3 Å². The Morgan fingerprint density at radius 3 is 2.08 bits per heavy atom. The van der Waals surface area contributed by atoms with Crippen molar-refractivity contribution in [2.75, 3.05) is 26.6 Å². The molecular weight excluding hydrogens is 578 g/mol. The number of alkyl halides is 2. The molecule has 0 saturated carbocycles. The van der Waals surface area contributed by atoms with Crippen LogP contribution in [0.5, 0.6) is 11.5 Å². The first-order valence-corrected chi connectivity index (χ1v) is 13.8. The summed E-state index contributed by atoms with van der Waals surface area (Å²) in [6, 6.07) is 6.51. The molecule has 17 heteroatoms. The lowest BCUT2D eigenvalue weighted by Gasteiger charge is -2.19. The number of oxime groups is 2. The normalized spacial score (nSPS) is 13.5. The number of H-pyrrole nitrogens is 1. The fraction of sp³-hybridized carbons (Fsp3) is 0.318. The van der Waals surface area contributed by atoms with Gasteiger partial charge in [-0.25, -0.2) is 18.2 Å². The Labute approximate surface area is 235 Å². The first kappa shape index (κ1) is 31.6. The summed E-state index contributed by atoms with van der Waals surface area (Å²) >= 11 is 3.51. The summed E-state index contributed by atoms with van der Waals surface area (Å²) in [5.41, 5.74) is 1.24. The number of nitrogens with zero attached hydrogens (tertiary/aromatic N) is 5. The molecule has 0 radical (unpaired) electrons. The van der Waals surface area contributed by atoms with Gasteiger partial charge >= 0.3 is 18.5 Å². The highest BCUT2D eigenvalue weighted by atomic mass is 32.2. The standard InChI is InChI=1S/C12H6F2N2O2.C10H18N4O4S3/c13-12(14)17-10-3-1-2-8(11(10)18-12)9-6-16-5-7(9)4-15;1-7(19-5)11-17-9(15)13(3)21-14(4)10(16)18-12-8(2)20-6/h1-3,5-6,16H;1-6H3/b;11-7-,12-8-. The minimum atomic E-state index is -3.67. The topological polar surface area (TPSA) is 142 Å². The molecule has 0 spiro atoms. The van der Waals surface area contributed by atoms with Crippen LogP contribution >= 0.6 is 35.7 Å². The van der Waals surface area contributed by atoms with E-state index in [0.29, 0.717) is 26.8 Å². The van der Waals surface area contributed by atoms with Crippen LogP contribution in [0.1, 0.15) is 19.4 Å². The number of fused-ring (bicyclic) bond motifs is 1. The second kappa shape index (κ2) is 14.5. The van der Waals surface area contributed by atoms with Crippen molar-refractivity contribution in [2.45, 2.75) is 20.1 Å². The SMILES string of the molecule is CS/C(C)=N\OC(=O)N(C)SN(C)C(=O)O/N=C(/C)SC.N#Cc1c[nH]cc1-c1cccc2c1OC(F)(F)O2. The van der Waals surface area contributed by atoms with Crippen molar-refractivity contribution < 1.29 is 37.5 Å². The zero-order valence-electron chi connectivity index (χ0n) is 21.6. The van der Waals surface area contributed by atoms with Crippen LogP contribution in [0.15, 0.2) is 40.9 Å². The van der Waals surface area contributed by atoms with E-state index in [1.165, 1.54) is 49.9 Å². The number of thioether (sulfide) groups is 2. The number of amides is 2. The van der Waals surface area contributed by atoms with E-state index in [2.05, 4.69) is 34.4 Å². The fourth-order valence-electron chi connectivity index (χ4n) is 2.51. The van der Waals surface area contributed by atoms with Crippen LogP contribution in [0.25, 0.3) is 11.1 Å². The predicted molar refractivity (Wildman–Crippen MR) is 146 cm³/mol. The van der Waals surface area contributed by atoms with Crippen LogP contribution in [-0.4, -0.2) is 68.8 Å². The minimum absolute atomic E-state index is 0.0393. The molecule has 0 bridgehead atoms. The molecule has 1 aliphatic heterocycles. The van der Waals surface area contributed by atoms with Gasteiger partial charge in [-0.3, -0.25) is 9.68 Å². The number of rotatable bonds is 5. The zero-order chi connectivity index (χ0) is 29.2. The van der Waals surface area contributed by atoms with Crippen molar-refractivity contribution in [1.82, 2.24) is 13.6 Å². The first-order valence-electron chi connectivity index (χ1n) is 10.6. The summed E-state index contributed by atoms with van der Waals surface area (Å²) in [5.74, 6) is -0.0961. The van der Waals surface area contributed by atoms with Crippen LogP contribution in [-0.2, 0) is 9.68 Å². The molecule has 0 saturated heterocycles. The highest BCUT2D eigenvalue weighted by Gasteiger charge is 2.44. The molecule has 3 rings (SSSR count). The lowest BCUT2D eigenvalue weighted by molar-refractivity contribution is -0.286. The molecule has 2 amide bonds. The van der Waals surface area contributed by atoms with E-state index in [-0.39, 0.29) is 11.5 Å². The summed E-state index contributed by atoms with van der Waals surface area (Å²) in [5, 5.41) is 17.3. The van der Waals surface area contributed by atoms with Crippen LogP contribution in [0.2, 0.25) is 0 Å². The summed E-state index contributed by atoms with van der Waals surface area (Å²) in [4.78, 5) is 35.3. The number of nitriles is 1. The molecule has 39 heavy (non-hydrogen) atoms. The Kier molecular flexibility index (Phi) is 11.8. The number of para-hydroxylation sites is 1. The van der Waals surface area contributed by atoms with E-state index < -0.39 is 18.5 Å². The average Bonchev–Trinajstić information content (AvgIpc) is 3.52. The number of halogens is 2. The van der Waals surface area contributed by atoms with Crippen molar-refractivity contribution in [3.8, 4) is 28.7 Å². The second-order valence-electron chi connectivity index (χ2n) is 7.11. The molecule has 1 N–H and O–H groups in total. The van der Waals surface area contributed by atoms with Gasteiger partial charge in [0.1, 0.15) is 16.2 Å². The average molecular weight is 603 g/mol. The van der Waals surface area contributed by atoms with Crippen LogP contribution < -0.4 is 9.47 Å². The molecule has 0 unspecified atom stereocenters. The number of ether oxygens (including phenoxy) is 2.